The van der Waals surface area contributed by atoms with Crippen molar-refractivity contribution in [3.63, 3.8) is 0 Å². The molecule has 0 aliphatic rings. The first-order valence-electron chi connectivity index (χ1n) is 11.4. The van der Waals surface area contributed by atoms with Crippen LogP contribution < -0.4 is 15.8 Å². The number of ether oxygens (including phenoxy) is 1. The molecular weight excluding hydrogens is 526 g/mol. The number of aromatic nitrogens is 1. The number of nitrogens with two attached hydrogens (primary N) is 1. The van der Waals surface area contributed by atoms with Crippen LogP contribution in [-0.2, 0) is 27.4 Å². The van der Waals surface area contributed by atoms with E-state index in [1.165, 1.54) is 32.2 Å². The zero-order valence-electron chi connectivity index (χ0n) is 21.1. The van der Waals surface area contributed by atoms with Crippen LogP contribution in [0.5, 0.6) is 5.75 Å². The lowest BCUT2D eigenvalue weighted by Gasteiger charge is -2.18. The molecule has 204 valence electrons. The number of benzene rings is 2. The van der Waals surface area contributed by atoms with Gasteiger partial charge in [-0.05, 0) is 49.2 Å². The number of nitrogens with zero attached hydrogens (tertiary/aromatic N) is 1. The molecule has 1 amide bonds. The maximum absolute atomic E-state index is 14.6. The third kappa shape index (κ3) is 6.48. The highest BCUT2D eigenvalue weighted by atomic mass is 32.2. The second-order valence-electron chi connectivity index (χ2n) is 8.88. The molecule has 3 aromatic rings. The van der Waals surface area contributed by atoms with Crippen molar-refractivity contribution in [1.82, 2.24) is 10.3 Å². The Labute approximate surface area is 218 Å². The number of methoxy groups -OCH3 is 1. The van der Waals surface area contributed by atoms with Crippen molar-refractivity contribution in [3.8, 4) is 17.0 Å². The summed E-state index contributed by atoms with van der Waals surface area (Å²) in [6.45, 7) is 3.11. The van der Waals surface area contributed by atoms with Crippen LogP contribution in [0.4, 0.5) is 17.6 Å². The van der Waals surface area contributed by atoms with E-state index < -0.39 is 44.7 Å². The summed E-state index contributed by atoms with van der Waals surface area (Å²) in [5.74, 6) is -1.97. The molecule has 2 aromatic carbocycles. The molecule has 7 nitrogen and oxygen atoms in total. The van der Waals surface area contributed by atoms with Crippen molar-refractivity contribution < 1.29 is 35.5 Å². The third-order valence-corrected chi connectivity index (χ3v) is 7.19. The van der Waals surface area contributed by atoms with Gasteiger partial charge in [0.25, 0.3) is 0 Å². The van der Waals surface area contributed by atoms with E-state index in [1.54, 1.807) is 25.1 Å². The van der Waals surface area contributed by atoms with E-state index in [0.29, 0.717) is 16.9 Å². The van der Waals surface area contributed by atoms with Crippen molar-refractivity contribution >= 4 is 15.7 Å². The van der Waals surface area contributed by atoms with Gasteiger partial charge in [0.15, 0.2) is 9.84 Å². The largest absolute Gasteiger partial charge is 0.496 e. The summed E-state index contributed by atoms with van der Waals surface area (Å²) in [4.78, 5) is 16.7. The van der Waals surface area contributed by atoms with Gasteiger partial charge in [-0.15, -0.1) is 0 Å². The standard InChI is InChI=1S/C26H27F4N3O4S/c1-14-5-9-21(37-3)19(11-14)23-17(7-10-22(33-23)26(28,29)30)13-32-25(34)15(2)16-6-8-18(20(27)12-16)24(31)38(4,35)36/h5-12,15,24H,13,31H2,1-4H3,(H,32,34). The number of aryl methyl sites for hydroxylation is 1. The molecule has 0 saturated heterocycles. The predicted molar refractivity (Wildman–Crippen MR) is 134 cm³/mol. The Morgan fingerprint density at radius 1 is 1.13 bits per heavy atom. The molecule has 0 bridgehead atoms. The fraction of sp³-hybridized carbons (Fsp3) is 0.308. The number of nitrogens with one attached hydrogen (secondary N) is 1. The number of sulfone groups is 1. The average molecular weight is 554 g/mol. The summed E-state index contributed by atoms with van der Waals surface area (Å²) in [7, 11) is -2.35. The number of halogens is 4. The molecule has 1 aromatic heterocycles. The zero-order valence-corrected chi connectivity index (χ0v) is 21.9. The van der Waals surface area contributed by atoms with Gasteiger partial charge in [0.2, 0.25) is 5.91 Å². The van der Waals surface area contributed by atoms with Crippen molar-refractivity contribution in [2.75, 3.05) is 13.4 Å². The highest BCUT2D eigenvalue weighted by Gasteiger charge is 2.33. The van der Waals surface area contributed by atoms with Crippen LogP contribution >= 0.6 is 0 Å². The molecule has 0 aliphatic carbocycles. The van der Waals surface area contributed by atoms with Crippen LogP contribution in [0.1, 0.15) is 46.2 Å². The van der Waals surface area contributed by atoms with Crippen molar-refractivity contribution in [3.05, 3.63) is 82.3 Å². The van der Waals surface area contributed by atoms with Crippen LogP contribution in [0, 0.1) is 12.7 Å². The molecule has 1 heterocycles. The number of pyridine rings is 1. The fourth-order valence-electron chi connectivity index (χ4n) is 3.79. The minimum atomic E-state index is -4.68. The lowest BCUT2D eigenvalue weighted by molar-refractivity contribution is -0.141. The molecule has 3 rings (SSSR count). The third-order valence-electron chi connectivity index (χ3n) is 6.02. The topological polar surface area (TPSA) is 111 Å². The summed E-state index contributed by atoms with van der Waals surface area (Å²) >= 11 is 0. The van der Waals surface area contributed by atoms with Crippen LogP contribution in [0.15, 0.2) is 48.5 Å². The van der Waals surface area contributed by atoms with E-state index in [-0.39, 0.29) is 23.4 Å². The Kier molecular flexibility index (Phi) is 8.47. The van der Waals surface area contributed by atoms with Gasteiger partial charge in [0.1, 0.15) is 22.6 Å². The quantitative estimate of drug-likeness (QED) is 0.393. The molecule has 0 fully saturated rings. The van der Waals surface area contributed by atoms with E-state index in [2.05, 4.69) is 10.3 Å². The van der Waals surface area contributed by atoms with Gasteiger partial charge in [0, 0.05) is 23.9 Å². The molecule has 0 radical (unpaired) electrons. The molecule has 0 spiro atoms. The summed E-state index contributed by atoms with van der Waals surface area (Å²) in [5.41, 5.74) is 5.95. The van der Waals surface area contributed by atoms with Gasteiger partial charge >= 0.3 is 6.18 Å². The van der Waals surface area contributed by atoms with E-state index in [4.69, 9.17) is 10.5 Å². The number of carbonyl (C=O) groups is 1. The lowest BCUT2D eigenvalue weighted by Crippen LogP contribution is -2.28. The first-order valence-corrected chi connectivity index (χ1v) is 13.3. The van der Waals surface area contributed by atoms with Gasteiger partial charge in [-0.2, -0.15) is 13.2 Å². The Morgan fingerprint density at radius 2 is 1.82 bits per heavy atom. The number of rotatable bonds is 8. The van der Waals surface area contributed by atoms with Crippen LogP contribution in [-0.4, -0.2) is 32.7 Å². The maximum Gasteiger partial charge on any atom is 0.433 e. The fourth-order valence-corrected chi connectivity index (χ4v) is 4.44. The second kappa shape index (κ2) is 11.1. The molecule has 2 atom stereocenters. The minimum absolute atomic E-state index is 0.00140. The first kappa shape index (κ1) is 29.1. The van der Waals surface area contributed by atoms with E-state index in [9.17, 15) is 30.8 Å². The van der Waals surface area contributed by atoms with Gasteiger partial charge < -0.3 is 15.8 Å². The first-order chi connectivity index (χ1) is 17.6. The maximum atomic E-state index is 14.6. The molecule has 3 N–H and O–H groups in total. The Hall–Kier alpha value is -3.51. The Morgan fingerprint density at radius 3 is 2.39 bits per heavy atom. The van der Waals surface area contributed by atoms with Gasteiger partial charge in [-0.1, -0.05) is 29.8 Å². The minimum Gasteiger partial charge on any atom is -0.496 e. The summed E-state index contributed by atoms with van der Waals surface area (Å²) in [6.07, 6.45) is -3.80. The number of carbonyl (C=O) groups excluding carboxylic acids is 1. The van der Waals surface area contributed by atoms with E-state index >= 15 is 0 Å². The number of hydrogen-bond donors (Lipinski definition) is 2. The average Bonchev–Trinajstić information content (AvgIpc) is 2.85. The van der Waals surface area contributed by atoms with Crippen LogP contribution in [0.25, 0.3) is 11.3 Å². The van der Waals surface area contributed by atoms with E-state index in [0.717, 1.165) is 24.0 Å². The summed E-state index contributed by atoms with van der Waals surface area (Å²) < 4.78 is 83.5. The lowest BCUT2D eigenvalue weighted by atomic mass is 9.98. The van der Waals surface area contributed by atoms with Crippen molar-refractivity contribution in [2.24, 2.45) is 5.73 Å². The summed E-state index contributed by atoms with van der Waals surface area (Å²) in [6, 6.07) is 10.7. The summed E-state index contributed by atoms with van der Waals surface area (Å²) in [5, 5.41) is 1.10. The van der Waals surface area contributed by atoms with Gasteiger partial charge in [-0.25, -0.2) is 17.8 Å². The Balaban J connectivity index is 1.89. The molecule has 38 heavy (non-hydrogen) atoms. The van der Waals surface area contributed by atoms with Crippen LogP contribution in [0.2, 0.25) is 0 Å². The highest BCUT2D eigenvalue weighted by molar-refractivity contribution is 7.90. The van der Waals surface area contributed by atoms with Crippen molar-refractivity contribution in [1.29, 1.82) is 0 Å². The number of hydrogen-bond acceptors (Lipinski definition) is 6. The predicted octanol–water partition coefficient (Wildman–Crippen LogP) is 4.65. The van der Waals surface area contributed by atoms with Crippen LogP contribution in [0.3, 0.4) is 0 Å². The monoisotopic (exact) mass is 553 g/mol. The van der Waals surface area contributed by atoms with E-state index in [1.807, 2.05) is 0 Å². The highest BCUT2D eigenvalue weighted by Crippen LogP contribution is 2.35. The number of alkyl halides is 3. The SMILES string of the molecule is COc1ccc(C)cc1-c1nc(C(F)(F)F)ccc1CNC(=O)C(C)c1ccc(C(N)S(C)(=O)=O)c(F)c1. The smallest absolute Gasteiger partial charge is 0.433 e. The normalized spacial score (nSPS) is 13.6. The van der Waals surface area contributed by atoms with Gasteiger partial charge in [0.05, 0.1) is 18.7 Å². The molecule has 0 saturated carbocycles. The molecule has 12 heteroatoms. The van der Waals surface area contributed by atoms with Crippen molar-refractivity contribution in [2.45, 2.75) is 37.9 Å². The van der Waals surface area contributed by atoms with Gasteiger partial charge in [-0.3, -0.25) is 4.79 Å². The number of amides is 1. The Bertz CT molecular complexity index is 1460. The molecule has 0 aliphatic heterocycles. The zero-order chi connectivity index (χ0) is 28.4. The second-order valence-corrected chi connectivity index (χ2v) is 11.0. The molecule has 2 unspecified atom stereocenters. The molecular formula is C26H27F4N3O4S.